The first-order valence-electron chi connectivity index (χ1n) is 5.66. The van der Waals surface area contributed by atoms with Gasteiger partial charge in [0.05, 0.1) is 5.56 Å². The average Bonchev–Trinajstić information content (AvgIpc) is 2.30. The van der Waals surface area contributed by atoms with Crippen molar-refractivity contribution in [3.8, 4) is 6.07 Å². The zero-order valence-corrected chi connectivity index (χ0v) is 11.8. The van der Waals surface area contributed by atoms with Crippen LogP contribution in [0.25, 0.3) is 0 Å². The largest absolute Gasteiger partial charge is 0.396 e. The number of hydrogen-bond donors (Lipinski definition) is 1. The fraction of sp³-hybridized carbons (Fsp3) is 0.462. The molecule has 0 radical (unpaired) electrons. The van der Waals surface area contributed by atoms with E-state index in [1.165, 1.54) is 0 Å². The molecule has 0 aromatic heterocycles. The smallest absolute Gasteiger partial charge is 0.101 e. The van der Waals surface area contributed by atoms with Gasteiger partial charge in [-0.2, -0.15) is 5.26 Å². The molecule has 1 aromatic carbocycles. The summed E-state index contributed by atoms with van der Waals surface area (Å²) in [5.74, 6) is 0.967. The second kappa shape index (κ2) is 7.65. The van der Waals surface area contributed by atoms with Crippen molar-refractivity contribution in [3.63, 3.8) is 0 Å². The summed E-state index contributed by atoms with van der Waals surface area (Å²) in [5.41, 5.74) is 0.772. The van der Waals surface area contributed by atoms with Gasteiger partial charge in [-0.15, -0.1) is 23.5 Å². The predicted molar refractivity (Wildman–Crippen MR) is 74.6 cm³/mol. The number of thioether (sulfide) groups is 2. The highest BCUT2D eigenvalue weighted by atomic mass is 32.2. The van der Waals surface area contributed by atoms with Crippen LogP contribution in [0.5, 0.6) is 0 Å². The second-order valence-electron chi connectivity index (χ2n) is 3.61. The molecule has 0 saturated carbocycles. The van der Waals surface area contributed by atoms with Crippen molar-refractivity contribution >= 4 is 23.5 Å². The summed E-state index contributed by atoms with van der Waals surface area (Å²) in [4.78, 5) is 2.07. The lowest BCUT2D eigenvalue weighted by atomic mass is 10.2. The summed E-state index contributed by atoms with van der Waals surface area (Å²) in [6.07, 6.45) is 0.751. The van der Waals surface area contributed by atoms with E-state index in [9.17, 15) is 5.26 Å². The van der Waals surface area contributed by atoms with Crippen LogP contribution in [0, 0.1) is 11.3 Å². The van der Waals surface area contributed by atoms with E-state index >= 15 is 0 Å². The van der Waals surface area contributed by atoms with Gasteiger partial charge in [0.2, 0.25) is 0 Å². The van der Waals surface area contributed by atoms with Gasteiger partial charge in [-0.3, -0.25) is 0 Å². The SMILES string of the molecule is CCSc1cccc(SC(C)CCO)c1C#N. The van der Waals surface area contributed by atoms with Crippen molar-refractivity contribution in [2.45, 2.75) is 35.3 Å². The molecule has 4 heteroatoms. The third kappa shape index (κ3) is 4.27. The van der Waals surface area contributed by atoms with Crippen LogP contribution in [-0.2, 0) is 0 Å². The number of nitrogens with zero attached hydrogens (tertiary/aromatic N) is 1. The molecule has 0 spiro atoms. The lowest BCUT2D eigenvalue weighted by molar-refractivity contribution is 0.289. The van der Waals surface area contributed by atoms with E-state index in [1.807, 2.05) is 18.2 Å². The van der Waals surface area contributed by atoms with Gasteiger partial charge in [0.15, 0.2) is 0 Å². The molecule has 1 N–H and O–H groups in total. The van der Waals surface area contributed by atoms with Crippen LogP contribution in [0.4, 0.5) is 0 Å². The maximum Gasteiger partial charge on any atom is 0.101 e. The molecule has 1 rings (SSSR count). The molecular formula is C13H17NOS2. The third-order valence-electron chi connectivity index (χ3n) is 2.26. The Kier molecular flexibility index (Phi) is 6.49. The quantitative estimate of drug-likeness (QED) is 0.801. The lowest BCUT2D eigenvalue weighted by Gasteiger charge is -2.12. The molecule has 0 amide bonds. The van der Waals surface area contributed by atoms with Crippen molar-refractivity contribution in [3.05, 3.63) is 23.8 Å². The molecule has 0 heterocycles. The maximum atomic E-state index is 9.24. The van der Waals surface area contributed by atoms with E-state index in [2.05, 4.69) is 19.9 Å². The average molecular weight is 267 g/mol. The summed E-state index contributed by atoms with van der Waals surface area (Å²) >= 11 is 3.36. The Morgan fingerprint density at radius 3 is 2.71 bits per heavy atom. The normalized spacial score (nSPS) is 12.1. The van der Waals surface area contributed by atoms with Crippen LogP contribution in [-0.4, -0.2) is 22.7 Å². The number of benzene rings is 1. The van der Waals surface area contributed by atoms with E-state index in [1.54, 1.807) is 23.5 Å². The molecule has 1 atom stereocenters. The van der Waals surface area contributed by atoms with Crippen molar-refractivity contribution in [1.29, 1.82) is 5.26 Å². The number of aliphatic hydroxyl groups excluding tert-OH is 1. The Bertz CT molecular complexity index is 401. The highest BCUT2D eigenvalue weighted by Gasteiger charge is 2.11. The molecule has 0 bridgehead atoms. The van der Waals surface area contributed by atoms with Crippen molar-refractivity contribution < 1.29 is 5.11 Å². The Labute approximate surface area is 111 Å². The van der Waals surface area contributed by atoms with Gasteiger partial charge in [0.1, 0.15) is 6.07 Å². The van der Waals surface area contributed by atoms with Crippen molar-refractivity contribution in [1.82, 2.24) is 0 Å². The molecule has 0 fully saturated rings. The van der Waals surface area contributed by atoms with E-state index in [0.29, 0.717) is 5.25 Å². The standard InChI is InChI=1S/C13H17NOS2/c1-3-16-12-5-4-6-13(11(12)9-14)17-10(2)7-8-15/h4-6,10,15H,3,7-8H2,1-2H3. The molecule has 2 nitrogen and oxygen atoms in total. The first-order chi connectivity index (χ1) is 8.22. The number of hydrogen-bond acceptors (Lipinski definition) is 4. The monoisotopic (exact) mass is 267 g/mol. The molecular weight excluding hydrogens is 250 g/mol. The second-order valence-corrected chi connectivity index (χ2v) is 6.40. The molecule has 0 aliphatic heterocycles. The van der Waals surface area contributed by atoms with E-state index < -0.39 is 0 Å². The Morgan fingerprint density at radius 1 is 1.41 bits per heavy atom. The number of nitriles is 1. The molecule has 1 unspecified atom stereocenters. The molecule has 0 aliphatic rings. The number of aliphatic hydroxyl groups is 1. The maximum absolute atomic E-state index is 9.24. The van der Waals surface area contributed by atoms with E-state index in [4.69, 9.17) is 5.11 Å². The van der Waals surface area contributed by atoms with Crippen LogP contribution in [0.3, 0.4) is 0 Å². The first kappa shape index (κ1) is 14.4. The minimum atomic E-state index is 0.194. The minimum Gasteiger partial charge on any atom is -0.396 e. The topological polar surface area (TPSA) is 44.0 Å². The van der Waals surface area contributed by atoms with Crippen LogP contribution in [0.15, 0.2) is 28.0 Å². The fourth-order valence-electron chi connectivity index (χ4n) is 1.45. The molecule has 92 valence electrons. The van der Waals surface area contributed by atoms with Crippen LogP contribution < -0.4 is 0 Å². The minimum absolute atomic E-state index is 0.194. The van der Waals surface area contributed by atoms with Gasteiger partial charge in [-0.25, -0.2) is 0 Å². The van der Waals surface area contributed by atoms with Crippen LogP contribution in [0.1, 0.15) is 25.8 Å². The van der Waals surface area contributed by atoms with Gasteiger partial charge in [0, 0.05) is 21.6 Å². The lowest BCUT2D eigenvalue weighted by Crippen LogP contribution is -2.00. The highest BCUT2D eigenvalue weighted by Crippen LogP contribution is 2.33. The van der Waals surface area contributed by atoms with Crippen molar-refractivity contribution in [2.75, 3.05) is 12.4 Å². The zero-order chi connectivity index (χ0) is 12.7. The first-order valence-corrected chi connectivity index (χ1v) is 7.52. The van der Waals surface area contributed by atoms with Crippen LogP contribution in [0.2, 0.25) is 0 Å². The van der Waals surface area contributed by atoms with Gasteiger partial charge >= 0.3 is 0 Å². The van der Waals surface area contributed by atoms with Crippen LogP contribution >= 0.6 is 23.5 Å². The van der Waals surface area contributed by atoms with E-state index in [0.717, 1.165) is 27.5 Å². The van der Waals surface area contributed by atoms with E-state index in [-0.39, 0.29) is 6.61 Å². The number of rotatable bonds is 6. The summed E-state index contributed by atoms with van der Waals surface area (Å²) in [7, 11) is 0. The summed E-state index contributed by atoms with van der Waals surface area (Å²) in [6.45, 7) is 4.35. The summed E-state index contributed by atoms with van der Waals surface area (Å²) in [5, 5.41) is 18.5. The van der Waals surface area contributed by atoms with Gasteiger partial charge in [0.25, 0.3) is 0 Å². The van der Waals surface area contributed by atoms with Gasteiger partial charge in [-0.1, -0.05) is 19.9 Å². The molecule has 1 aromatic rings. The molecule has 0 saturated heterocycles. The highest BCUT2D eigenvalue weighted by molar-refractivity contribution is 8.00. The van der Waals surface area contributed by atoms with Crippen molar-refractivity contribution in [2.24, 2.45) is 0 Å². The fourth-order valence-corrected chi connectivity index (χ4v) is 3.39. The molecule has 0 aliphatic carbocycles. The zero-order valence-electron chi connectivity index (χ0n) is 10.1. The summed E-state index contributed by atoms with van der Waals surface area (Å²) in [6, 6.07) is 8.26. The Balaban J connectivity index is 2.91. The van der Waals surface area contributed by atoms with Gasteiger partial charge < -0.3 is 5.11 Å². The predicted octanol–water partition coefficient (Wildman–Crippen LogP) is 3.53. The molecule has 17 heavy (non-hydrogen) atoms. The van der Waals surface area contributed by atoms with Gasteiger partial charge in [-0.05, 0) is 24.3 Å². The summed E-state index contributed by atoms with van der Waals surface area (Å²) < 4.78 is 0. The third-order valence-corrected chi connectivity index (χ3v) is 4.44. The Morgan fingerprint density at radius 2 is 2.12 bits per heavy atom. The Hall–Kier alpha value is -0.630.